The van der Waals surface area contributed by atoms with Crippen LogP contribution in [-0.4, -0.2) is 16.9 Å². The molecular weight excluding hydrogens is 206 g/mol. The lowest BCUT2D eigenvalue weighted by molar-refractivity contribution is 0.0931. The van der Waals surface area contributed by atoms with Gasteiger partial charge in [-0.2, -0.15) is 5.26 Å². The number of hydrogen-bond acceptors (Lipinski definition) is 3. The number of nitrogens with one attached hydrogen (secondary N) is 2. The van der Waals surface area contributed by atoms with Crippen molar-refractivity contribution in [3.8, 4) is 6.07 Å². The molecule has 5 nitrogen and oxygen atoms in total. The summed E-state index contributed by atoms with van der Waals surface area (Å²) in [6.07, 6.45) is 0.940. The predicted molar refractivity (Wildman–Crippen MR) is 58.8 cm³/mol. The zero-order valence-corrected chi connectivity index (χ0v) is 8.99. The van der Waals surface area contributed by atoms with Crippen LogP contribution in [0.1, 0.15) is 30.3 Å². The molecule has 0 aliphatic carbocycles. The van der Waals surface area contributed by atoms with E-state index >= 15 is 0 Å². The third-order valence-corrected chi connectivity index (χ3v) is 2.18. The van der Waals surface area contributed by atoms with Crippen molar-refractivity contribution in [2.75, 3.05) is 0 Å². The Balaban J connectivity index is 2.72. The van der Waals surface area contributed by atoms with Crippen LogP contribution in [-0.2, 0) is 0 Å². The van der Waals surface area contributed by atoms with Crippen LogP contribution in [0.2, 0.25) is 0 Å². The summed E-state index contributed by atoms with van der Waals surface area (Å²) in [5.74, 6) is -0.361. The quantitative estimate of drug-likeness (QED) is 0.785. The standard InChI is InChI=1S/C11H13N3O2/c1-2-8(6-7-12)13-11(16)9-4-3-5-10(15)14-9/h3-5,8H,2,6H2,1H3,(H,13,16)(H,14,15). The Labute approximate surface area is 93.1 Å². The molecule has 0 radical (unpaired) electrons. The fourth-order valence-corrected chi connectivity index (χ4v) is 1.25. The van der Waals surface area contributed by atoms with Crippen molar-refractivity contribution in [3.05, 3.63) is 34.2 Å². The summed E-state index contributed by atoms with van der Waals surface area (Å²) in [5, 5.41) is 11.2. The molecule has 0 aliphatic rings. The van der Waals surface area contributed by atoms with Gasteiger partial charge in [0.2, 0.25) is 5.56 Å². The molecule has 1 unspecified atom stereocenters. The lowest BCUT2D eigenvalue weighted by Crippen LogP contribution is -2.35. The van der Waals surface area contributed by atoms with Crippen molar-refractivity contribution in [2.24, 2.45) is 0 Å². The molecule has 1 aromatic rings. The average Bonchev–Trinajstić information content (AvgIpc) is 2.28. The van der Waals surface area contributed by atoms with E-state index in [0.717, 1.165) is 0 Å². The molecule has 0 aliphatic heterocycles. The van der Waals surface area contributed by atoms with E-state index in [9.17, 15) is 9.59 Å². The van der Waals surface area contributed by atoms with Gasteiger partial charge >= 0.3 is 0 Å². The molecular formula is C11H13N3O2. The van der Waals surface area contributed by atoms with Crippen LogP contribution < -0.4 is 10.9 Å². The van der Waals surface area contributed by atoms with E-state index in [-0.39, 0.29) is 29.6 Å². The summed E-state index contributed by atoms with van der Waals surface area (Å²) in [4.78, 5) is 25.1. The molecule has 16 heavy (non-hydrogen) atoms. The van der Waals surface area contributed by atoms with Gasteiger partial charge in [0.05, 0.1) is 12.5 Å². The van der Waals surface area contributed by atoms with Gasteiger partial charge in [0, 0.05) is 12.1 Å². The van der Waals surface area contributed by atoms with E-state index in [1.807, 2.05) is 13.0 Å². The van der Waals surface area contributed by atoms with Crippen LogP contribution in [0.5, 0.6) is 0 Å². The lowest BCUT2D eigenvalue weighted by atomic mass is 10.1. The topological polar surface area (TPSA) is 85.8 Å². The number of amides is 1. The maximum atomic E-state index is 11.7. The summed E-state index contributed by atoms with van der Waals surface area (Å²) in [5.41, 5.74) is -0.107. The van der Waals surface area contributed by atoms with Crippen molar-refractivity contribution in [1.82, 2.24) is 10.3 Å². The number of carbonyl (C=O) groups is 1. The van der Waals surface area contributed by atoms with Gasteiger partial charge in [-0.05, 0) is 12.5 Å². The molecule has 0 fully saturated rings. The largest absolute Gasteiger partial charge is 0.347 e. The molecule has 1 rings (SSSR count). The van der Waals surface area contributed by atoms with Crippen LogP contribution >= 0.6 is 0 Å². The van der Waals surface area contributed by atoms with E-state index in [1.165, 1.54) is 18.2 Å². The maximum absolute atomic E-state index is 11.7. The second-order valence-corrected chi connectivity index (χ2v) is 3.37. The first-order valence-corrected chi connectivity index (χ1v) is 5.04. The molecule has 1 atom stereocenters. The highest BCUT2D eigenvalue weighted by atomic mass is 16.2. The van der Waals surface area contributed by atoms with Crippen LogP contribution in [0.4, 0.5) is 0 Å². The summed E-state index contributed by atoms with van der Waals surface area (Å²) in [6, 6.07) is 6.19. The van der Waals surface area contributed by atoms with Gasteiger partial charge in [-0.1, -0.05) is 13.0 Å². The SMILES string of the molecule is CCC(CC#N)NC(=O)c1cccc(=O)[nH]1. The second kappa shape index (κ2) is 5.71. The van der Waals surface area contributed by atoms with Crippen molar-refractivity contribution in [3.63, 3.8) is 0 Å². The Kier molecular flexibility index (Phi) is 4.28. The van der Waals surface area contributed by atoms with Crippen molar-refractivity contribution in [1.29, 1.82) is 5.26 Å². The van der Waals surface area contributed by atoms with E-state index < -0.39 is 0 Å². The maximum Gasteiger partial charge on any atom is 0.268 e. The highest BCUT2D eigenvalue weighted by molar-refractivity contribution is 5.92. The monoisotopic (exact) mass is 219 g/mol. The zero-order valence-electron chi connectivity index (χ0n) is 8.99. The summed E-state index contributed by atoms with van der Waals surface area (Å²) < 4.78 is 0. The number of aromatic amines is 1. The van der Waals surface area contributed by atoms with Gasteiger partial charge in [-0.25, -0.2) is 0 Å². The minimum Gasteiger partial charge on any atom is -0.347 e. The molecule has 1 aromatic heterocycles. The summed E-state index contributed by atoms with van der Waals surface area (Å²) in [7, 11) is 0. The molecule has 1 heterocycles. The van der Waals surface area contributed by atoms with Gasteiger partial charge in [0.1, 0.15) is 5.69 Å². The van der Waals surface area contributed by atoms with Gasteiger partial charge in [0.25, 0.3) is 5.91 Å². The Morgan fingerprint density at radius 3 is 2.94 bits per heavy atom. The Morgan fingerprint density at radius 2 is 2.38 bits per heavy atom. The van der Waals surface area contributed by atoms with Crippen LogP contribution in [0, 0.1) is 11.3 Å². The number of nitriles is 1. The lowest BCUT2D eigenvalue weighted by Gasteiger charge is -2.12. The predicted octanol–water partition coefficient (Wildman–Crippen LogP) is 0.797. The number of hydrogen-bond donors (Lipinski definition) is 2. The average molecular weight is 219 g/mol. The number of nitrogens with zero attached hydrogens (tertiary/aromatic N) is 1. The van der Waals surface area contributed by atoms with Crippen LogP contribution in [0.3, 0.4) is 0 Å². The minimum atomic E-state index is -0.361. The first-order valence-electron chi connectivity index (χ1n) is 5.04. The number of H-pyrrole nitrogens is 1. The second-order valence-electron chi connectivity index (χ2n) is 3.37. The minimum absolute atomic E-state index is 0.179. The first kappa shape index (κ1) is 12.0. The molecule has 0 saturated heterocycles. The van der Waals surface area contributed by atoms with Gasteiger partial charge in [0.15, 0.2) is 0 Å². The molecule has 1 amide bonds. The van der Waals surface area contributed by atoms with Gasteiger partial charge in [-0.3, -0.25) is 9.59 Å². The van der Waals surface area contributed by atoms with Crippen molar-refractivity contribution < 1.29 is 4.79 Å². The van der Waals surface area contributed by atoms with E-state index in [1.54, 1.807) is 0 Å². The van der Waals surface area contributed by atoms with Crippen LogP contribution in [0.25, 0.3) is 0 Å². The summed E-state index contributed by atoms with van der Waals surface area (Å²) >= 11 is 0. The van der Waals surface area contributed by atoms with Gasteiger partial charge < -0.3 is 10.3 Å². The third kappa shape index (κ3) is 3.24. The molecule has 0 saturated carbocycles. The molecule has 84 valence electrons. The molecule has 0 aromatic carbocycles. The third-order valence-electron chi connectivity index (χ3n) is 2.18. The van der Waals surface area contributed by atoms with E-state index in [0.29, 0.717) is 6.42 Å². The Morgan fingerprint density at radius 1 is 1.62 bits per heavy atom. The van der Waals surface area contributed by atoms with Gasteiger partial charge in [-0.15, -0.1) is 0 Å². The normalized spacial score (nSPS) is 11.5. The highest BCUT2D eigenvalue weighted by Gasteiger charge is 2.11. The number of rotatable bonds is 4. The first-order chi connectivity index (χ1) is 7.67. The summed E-state index contributed by atoms with van der Waals surface area (Å²) in [6.45, 7) is 1.88. The molecule has 0 spiro atoms. The molecule has 5 heteroatoms. The van der Waals surface area contributed by atoms with E-state index in [4.69, 9.17) is 5.26 Å². The number of carbonyl (C=O) groups excluding carboxylic acids is 1. The number of aromatic nitrogens is 1. The number of pyridine rings is 1. The van der Waals surface area contributed by atoms with Crippen LogP contribution in [0.15, 0.2) is 23.0 Å². The zero-order chi connectivity index (χ0) is 12.0. The Hall–Kier alpha value is -2.09. The Bertz CT molecular complexity index is 459. The smallest absolute Gasteiger partial charge is 0.268 e. The molecule has 2 N–H and O–H groups in total. The van der Waals surface area contributed by atoms with E-state index in [2.05, 4.69) is 10.3 Å². The molecule has 0 bridgehead atoms. The van der Waals surface area contributed by atoms with Crippen molar-refractivity contribution >= 4 is 5.91 Å². The fraction of sp³-hybridized carbons (Fsp3) is 0.364. The fourth-order valence-electron chi connectivity index (χ4n) is 1.25. The highest BCUT2D eigenvalue weighted by Crippen LogP contribution is 1.98. The van der Waals surface area contributed by atoms with Crippen molar-refractivity contribution in [2.45, 2.75) is 25.8 Å².